The SMILES string of the molecule is COc1ccc(C(=O)c2nccc3c(NC(=O)c4csc5c(N)ncnc45)c(C)ccc23)cc1. The van der Waals surface area contributed by atoms with Gasteiger partial charge in [0.05, 0.1) is 28.6 Å². The summed E-state index contributed by atoms with van der Waals surface area (Å²) >= 11 is 1.32. The molecule has 3 aromatic heterocycles. The van der Waals surface area contributed by atoms with E-state index in [1.165, 1.54) is 17.7 Å². The average molecular weight is 470 g/mol. The molecule has 34 heavy (non-hydrogen) atoms. The lowest BCUT2D eigenvalue weighted by Gasteiger charge is -2.13. The number of aryl methyl sites for hydroxylation is 1. The topological polar surface area (TPSA) is 120 Å². The van der Waals surface area contributed by atoms with Crippen LogP contribution in [-0.4, -0.2) is 33.8 Å². The first-order valence-corrected chi connectivity index (χ1v) is 11.2. The average Bonchev–Trinajstić information content (AvgIpc) is 3.30. The third-order valence-corrected chi connectivity index (χ3v) is 6.58. The molecule has 5 aromatic rings. The summed E-state index contributed by atoms with van der Waals surface area (Å²) < 4.78 is 5.84. The van der Waals surface area contributed by atoms with Crippen LogP contribution in [0.5, 0.6) is 5.75 Å². The largest absolute Gasteiger partial charge is 0.497 e. The number of nitrogen functional groups attached to an aromatic ring is 1. The highest BCUT2D eigenvalue weighted by Crippen LogP contribution is 2.32. The number of amides is 1. The number of hydrogen-bond acceptors (Lipinski definition) is 8. The molecule has 0 bridgehead atoms. The number of aromatic nitrogens is 3. The van der Waals surface area contributed by atoms with E-state index in [-0.39, 0.29) is 11.7 Å². The van der Waals surface area contributed by atoms with Gasteiger partial charge in [-0.1, -0.05) is 12.1 Å². The monoisotopic (exact) mass is 469 g/mol. The molecule has 0 aliphatic rings. The van der Waals surface area contributed by atoms with E-state index < -0.39 is 0 Å². The van der Waals surface area contributed by atoms with E-state index in [4.69, 9.17) is 10.5 Å². The summed E-state index contributed by atoms with van der Waals surface area (Å²) in [6.07, 6.45) is 2.91. The molecule has 0 unspecified atom stereocenters. The van der Waals surface area contributed by atoms with Crippen LogP contribution < -0.4 is 15.8 Å². The van der Waals surface area contributed by atoms with Crippen molar-refractivity contribution < 1.29 is 14.3 Å². The van der Waals surface area contributed by atoms with Gasteiger partial charge in [0.15, 0.2) is 0 Å². The van der Waals surface area contributed by atoms with Crippen molar-refractivity contribution in [1.82, 2.24) is 15.0 Å². The third kappa shape index (κ3) is 3.61. The van der Waals surface area contributed by atoms with Gasteiger partial charge in [-0.2, -0.15) is 0 Å². The van der Waals surface area contributed by atoms with E-state index in [2.05, 4.69) is 20.3 Å². The number of carbonyl (C=O) groups is 2. The molecule has 0 aliphatic heterocycles. The smallest absolute Gasteiger partial charge is 0.258 e. The maximum Gasteiger partial charge on any atom is 0.258 e. The number of pyridine rings is 1. The normalized spacial score (nSPS) is 11.0. The molecule has 0 saturated heterocycles. The maximum atomic E-state index is 13.2. The Balaban J connectivity index is 1.55. The molecule has 2 aromatic carbocycles. The van der Waals surface area contributed by atoms with E-state index >= 15 is 0 Å². The number of methoxy groups -OCH3 is 1. The summed E-state index contributed by atoms with van der Waals surface area (Å²) in [5.41, 5.74) is 9.08. The minimum absolute atomic E-state index is 0.217. The lowest BCUT2D eigenvalue weighted by atomic mass is 9.99. The highest BCUT2D eigenvalue weighted by atomic mass is 32.1. The standard InChI is InChI=1S/C25H19N5O3S/c1-13-3-8-16-17(9-10-27-20(16)22(31)14-4-6-15(33-2)7-5-14)19(13)30-25(32)18-11-34-23-21(18)28-12-29-24(23)26/h3-12H,1-2H3,(H,30,32)(H2,26,28,29). The molecule has 0 spiro atoms. The number of benzene rings is 2. The maximum absolute atomic E-state index is 13.2. The van der Waals surface area contributed by atoms with Crippen LogP contribution in [0.4, 0.5) is 11.5 Å². The number of carbonyl (C=O) groups excluding carboxylic acids is 2. The molecular weight excluding hydrogens is 450 g/mol. The molecule has 9 heteroatoms. The molecule has 0 radical (unpaired) electrons. The summed E-state index contributed by atoms with van der Waals surface area (Å²) in [6.45, 7) is 1.90. The van der Waals surface area contributed by atoms with Crippen molar-refractivity contribution in [2.24, 2.45) is 0 Å². The molecule has 0 fully saturated rings. The lowest BCUT2D eigenvalue weighted by molar-refractivity contribution is 0.102. The van der Waals surface area contributed by atoms with Gasteiger partial charge < -0.3 is 15.8 Å². The molecule has 3 N–H and O–H groups in total. The van der Waals surface area contributed by atoms with Crippen LogP contribution in [0.3, 0.4) is 0 Å². The Morgan fingerprint density at radius 3 is 2.56 bits per heavy atom. The molecule has 1 amide bonds. The number of fused-ring (bicyclic) bond motifs is 2. The van der Waals surface area contributed by atoms with Crippen LogP contribution in [0.25, 0.3) is 21.0 Å². The molecule has 0 aliphatic carbocycles. The van der Waals surface area contributed by atoms with Gasteiger partial charge in [-0.25, -0.2) is 9.97 Å². The molecule has 3 heterocycles. The van der Waals surface area contributed by atoms with Crippen LogP contribution in [-0.2, 0) is 0 Å². The lowest BCUT2D eigenvalue weighted by Crippen LogP contribution is -2.13. The summed E-state index contributed by atoms with van der Waals surface area (Å²) in [6, 6.07) is 12.4. The van der Waals surface area contributed by atoms with E-state index in [0.29, 0.717) is 55.1 Å². The quantitative estimate of drug-likeness (QED) is 0.360. The van der Waals surface area contributed by atoms with Gasteiger partial charge in [-0.05, 0) is 42.8 Å². The number of nitrogens with zero attached hydrogens (tertiary/aromatic N) is 3. The van der Waals surface area contributed by atoms with Crippen molar-refractivity contribution in [3.63, 3.8) is 0 Å². The fourth-order valence-electron chi connectivity index (χ4n) is 3.80. The fourth-order valence-corrected chi connectivity index (χ4v) is 4.70. The van der Waals surface area contributed by atoms with Crippen molar-refractivity contribution in [2.75, 3.05) is 18.2 Å². The van der Waals surface area contributed by atoms with Crippen molar-refractivity contribution >= 4 is 55.5 Å². The number of nitrogens with two attached hydrogens (primary N) is 1. The highest BCUT2D eigenvalue weighted by molar-refractivity contribution is 7.18. The van der Waals surface area contributed by atoms with Gasteiger partial charge >= 0.3 is 0 Å². The van der Waals surface area contributed by atoms with Gasteiger partial charge in [-0.3, -0.25) is 14.6 Å². The van der Waals surface area contributed by atoms with Gasteiger partial charge in [0.25, 0.3) is 5.91 Å². The van der Waals surface area contributed by atoms with Gasteiger partial charge in [0, 0.05) is 27.9 Å². The second-order valence-electron chi connectivity index (χ2n) is 7.61. The van der Waals surface area contributed by atoms with E-state index in [1.807, 2.05) is 19.1 Å². The molecular formula is C25H19N5O3S. The van der Waals surface area contributed by atoms with Crippen molar-refractivity contribution in [3.8, 4) is 5.75 Å². The third-order valence-electron chi connectivity index (χ3n) is 5.59. The number of ether oxygens (including phenoxy) is 1. The van der Waals surface area contributed by atoms with Crippen LogP contribution in [0.15, 0.2) is 60.4 Å². The fraction of sp³-hybridized carbons (Fsp3) is 0.0800. The van der Waals surface area contributed by atoms with Crippen LogP contribution in [0.1, 0.15) is 32.0 Å². The first kappa shape index (κ1) is 21.5. The number of nitrogens with one attached hydrogen (secondary N) is 1. The summed E-state index contributed by atoms with van der Waals surface area (Å²) in [5, 5.41) is 6.07. The zero-order valence-electron chi connectivity index (χ0n) is 18.3. The first-order valence-electron chi connectivity index (χ1n) is 10.3. The van der Waals surface area contributed by atoms with Crippen molar-refractivity contribution in [2.45, 2.75) is 6.92 Å². The molecule has 168 valence electrons. The minimum atomic E-state index is -0.320. The predicted octanol–water partition coefficient (Wildman–Crippen LogP) is 4.62. The van der Waals surface area contributed by atoms with Crippen LogP contribution in [0.2, 0.25) is 0 Å². The Hall–Kier alpha value is -4.37. The molecule has 5 rings (SSSR count). The van der Waals surface area contributed by atoms with Crippen molar-refractivity contribution in [1.29, 1.82) is 0 Å². The number of thiophene rings is 1. The number of hydrogen-bond donors (Lipinski definition) is 2. The summed E-state index contributed by atoms with van der Waals surface area (Å²) in [7, 11) is 1.57. The van der Waals surface area contributed by atoms with Gasteiger partial charge in [0.2, 0.25) is 5.78 Å². The molecule has 8 nitrogen and oxygen atoms in total. The summed E-state index contributed by atoms with van der Waals surface area (Å²) in [5.74, 6) is 0.462. The van der Waals surface area contributed by atoms with Crippen molar-refractivity contribution in [3.05, 3.63) is 82.8 Å². The van der Waals surface area contributed by atoms with E-state index in [9.17, 15) is 9.59 Å². The zero-order chi connectivity index (χ0) is 23.8. The predicted molar refractivity (Wildman–Crippen MR) is 133 cm³/mol. The highest BCUT2D eigenvalue weighted by Gasteiger charge is 2.20. The Labute approximate surface area is 198 Å². The van der Waals surface area contributed by atoms with Gasteiger partial charge in [0.1, 0.15) is 23.6 Å². The second-order valence-corrected chi connectivity index (χ2v) is 8.49. The Kier molecular flexibility index (Phi) is 5.39. The number of ketones is 1. The minimum Gasteiger partial charge on any atom is -0.497 e. The van der Waals surface area contributed by atoms with E-state index in [0.717, 1.165) is 5.56 Å². The second kappa shape index (κ2) is 8.53. The number of anilines is 2. The van der Waals surface area contributed by atoms with Crippen LogP contribution in [0, 0.1) is 6.92 Å². The van der Waals surface area contributed by atoms with Crippen LogP contribution >= 0.6 is 11.3 Å². The summed E-state index contributed by atoms with van der Waals surface area (Å²) in [4.78, 5) is 39.0. The zero-order valence-corrected chi connectivity index (χ0v) is 19.1. The number of rotatable bonds is 5. The first-order chi connectivity index (χ1) is 16.5. The molecule has 0 saturated carbocycles. The Morgan fingerprint density at radius 1 is 1.00 bits per heavy atom. The Morgan fingerprint density at radius 2 is 1.79 bits per heavy atom. The molecule has 0 atom stereocenters. The van der Waals surface area contributed by atoms with E-state index in [1.54, 1.807) is 49.0 Å². The van der Waals surface area contributed by atoms with Gasteiger partial charge in [-0.15, -0.1) is 11.3 Å². The Bertz CT molecular complexity index is 1580.